The second-order valence-corrected chi connectivity index (χ2v) is 1.72. The molecular weight excluding hydrogens is 124 g/mol. The average Bonchev–Trinajstić information content (AvgIpc) is 1.63. The number of hydrazine groups is 1. The molecule has 0 amide bonds. The zero-order valence-electron chi connectivity index (χ0n) is 5.33. The van der Waals surface area contributed by atoms with Crippen LogP contribution in [0.5, 0.6) is 0 Å². The van der Waals surface area contributed by atoms with Crippen LogP contribution in [0.4, 0.5) is 0 Å². The van der Waals surface area contributed by atoms with E-state index in [1.165, 1.54) is 0 Å². The van der Waals surface area contributed by atoms with Gasteiger partial charge < -0.3 is 16.9 Å². The largest absolute Gasteiger partial charge is 0.611 e. The molecule has 0 atom stereocenters. The van der Waals surface area contributed by atoms with E-state index in [4.69, 9.17) is 16.9 Å². The zero-order valence-corrected chi connectivity index (χ0v) is 5.33. The third-order valence-corrected chi connectivity index (χ3v) is 0.476. The summed E-state index contributed by atoms with van der Waals surface area (Å²) in [5.41, 5.74) is 0. The standard InChI is InChI=1S/C3H10N4O2/c1-3(2)9-7(8)6(4)5/h3-5,8H,1-2H3/q-2. The van der Waals surface area contributed by atoms with Crippen molar-refractivity contribution in [2.24, 2.45) is 0 Å². The first kappa shape index (κ1) is 8.76. The van der Waals surface area contributed by atoms with E-state index < -0.39 is 0 Å². The Kier molecular flexibility index (Phi) is 3.62. The zero-order chi connectivity index (χ0) is 7.44. The molecule has 0 radical (unpaired) electrons. The second kappa shape index (κ2) is 3.72. The fourth-order valence-electron chi connectivity index (χ4n) is 0.236. The topological polar surface area (TPSA) is 83.5 Å². The molecule has 3 N–H and O–H groups in total. The SMILES string of the molecule is CC(C)ON(O)N([NH-])[NH-]. The maximum atomic E-state index is 8.46. The molecule has 0 saturated carbocycles. The highest BCUT2D eigenvalue weighted by Crippen LogP contribution is 1.97. The van der Waals surface area contributed by atoms with Crippen LogP contribution in [-0.4, -0.2) is 21.9 Å². The number of hydrogen-bond acceptors (Lipinski definition) is 4. The lowest BCUT2D eigenvalue weighted by Gasteiger charge is -2.37. The molecule has 0 aliphatic heterocycles. The van der Waals surface area contributed by atoms with Crippen molar-refractivity contribution in [2.75, 3.05) is 0 Å². The summed E-state index contributed by atoms with van der Waals surface area (Å²) in [6, 6.07) is 0. The Balaban J connectivity index is 3.38. The number of nitrogens with one attached hydrogen (secondary N) is 2. The minimum Gasteiger partial charge on any atom is -0.611 e. The summed E-state index contributed by atoms with van der Waals surface area (Å²) in [5.74, 6) is 12.9. The predicted molar refractivity (Wildman–Crippen MR) is 30.3 cm³/mol. The van der Waals surface area contributed by atoms with Crippen molar-refractivity contribution in [2.45, 2.75) is 20.0 Å². The molecule has 0 spiro atoms. The van der Waals surface area contributed by atoms with Crippen LogP contribution in [0, 0.1) is 0 Å². The monoisotopic (exact) mass is 134 g/mol. The van der Waals surface area contributed by atoms with Crippen molar-refractivity contribution in [1.29, 1.82) is 0 Å². The van der Waals surface area contributed by atoms with Crippen LogP contribution in [-0.2, 0) is 4.84 Å². The van der Waals surface area contributed by atoms with E-state index in [2.05, 4.69) is 4.84 Å². The molecule has 0 fully saturated rings. The second-order valence-electron chi connectivity index (χ2n) is 1.72. The number of nitrogens with zero attached hydrogens (tertiary/aromatic N) is 2. The fraction of sp³-hybridized carbons (Fsp3) is 1.00. The third-order valence-electron chi connectivity index (χ3n) is 0.476. The molecule has 6 nitrogen and oxygen atoms in total. The van der Waals surface area contributed by atoms with E-state index in [1.54, 1.807) is 13.8 Å². The fourth-order valence-corrected chi connectivity index (χ4v) is 0.236. The molecule has 0 heterocycles. The summed E-state index contributed by atoms with van der Waals surface area (Å²) < 4.78 is 0. The number of hydrogen-bond donors (Lipinski definition) is 1. The Bertz CT molecular complexity index is 76.2. The van der Waals surface area contributed by atoms with Gasteiger partial charge in [0.2, 0.25) is 0 Å². The van der Waals surface area contributed by atoms with Gasteiger partial charge in [-0.3, -0.25) is 10.0 Å². The van der Waals surface area contributed by atoms with Gasteiger partial charge in [-0.15, -0.1) is 0 Å². The normalized spacial score (nSPS) is 12.0. The summed E-state index contributed by atoms with van der Waals surface area (Å²) in [6.45, 7) is 3.35. The van der Waals surface area contributed by atoms with E-state index in [1.807, 2.05) is 0 Å². The van der Waals surface area contributed by atoms with Crippen molar-refractivity contribution in [3.8, 4) is 0 Å². The van der Waals surface area contributed by atoms with E-state index in [0.29, 0.717) is 0 Å². The lowest BCUT2D eigenvalue weighted by atomic mass is 10.5. The van der Waals surface area contributed by atoms with Crippen molar-refractivity contribution in [1.82, 2.24) is 10.6 Å². The van der Waals surface area contributed by atoms with Crippen LogP contribution in [0.2, 0.25) is 0 Å². The van der Waals surface area contributed by atoms with E-state index in [-0.39, 0.29) is 16.7 Å². The van der Waals surface area contributed by atoms with Crippen molar-refractivity contribution >= 4 is 0 Å². The molecule has 0 rings (SSSR count). The maximum absolute atomic E-state index is 8.46. The number of rotatable bonds is 3. The third kappa shape index (κ3) is 4.28. The molecule has 0 bridgehead atoms. The van der Waals surface area contributed by atoms with Gasteiger partial charge in [0, 0.05) is 0 Å². The molecule has 0 aromatic heterocycles. The molecule has 0 aromatic carbocycles. The van der Waals surface area contributed by atoms with Crippen molar-refractivity contribution < 1.29 is 10.0 Å². The quantitative estimate of drug-likeness (QED) is 0.587. The van der Waals surface area contributed by atoms with Crippen LogP contribution < -0.4 is 0 Å². The molecule has 0 saturated heterocycles. The smallest absolute Gasteiger partial charge is 0.0777 e. The molecule has 56 valence electrons. The van der Waals surface area contributed by atoms with Gasteiger partial charge in [-0.25, -0.2) is 0 Å². The molecule has 0 aliphatic carbocycles. The van der Waals surface area contributed by atoms with Crippen LogP contribution in [0.3, 0.4) is 0 Å². The van der Waals surface area contributed by atoms with E-state index in [0.717, 1.165) is 0 Å². The van der Waals surface area contributed by atoms with Gasteiger partial charge >= 0.3 is 0 Å². The maximum Gasteiger partial charge on any atom is 0.0777 e. The van der Waals surface area contributed by atoms with Crippen molar-refractivity contribution in [3.05, 3.63) is 11.7 Å². The Morgan fingerprint density at radius 3 is 2.00 bits per heavy atom. The predicted octanol–water partition coefficient (Wildman–Crippen LogP) is 1.17. The first-order chi connectivity index (χ1) is 4.04. The summed E-state index contributed by atoms with van der Waals surface area (Å²) in [5, 5.41) is 8.42. The minimum atomic E-state index is -0.242. The van der Waals surface area contributed by atoms with Gasteiger partial charge in [0.15, 0.2) is 0 Å². The van der Waals surface area contributed by atoms with Gasteiger partial charge in [-0.05, 0) is 19.2 Å². The highest BCUT2D eigenvalue weighted by molar-refractivity contribution is 4.39. The summed E-state index contributed by atoms with van der Waals surface area (Å²) in [6.07, 6.45) is -0.242. The molecule has 0 aliphatic rings. The lowest BCUT2D eigenvalue weighted by molar-refractivity contribution is -0.430. The van der Waals surface area contributed by atoms with Gasteiger partial charge in [-0.1, -0.05) is 0 Å². The van der Waals surface area contributed by atoms with Crippen LogP contribution in [0.25, 0.3) is 11.7 Å². The molecule has 6 heteroatoms. The summed E-state index contributed by atoms with van der Waals surface area (Å²) in [4.78, 5) is 4.45. The molecule has 0 aromatic rings. The summed E-state index contributed by atoms with van der Waals surface area (Å²) >= 11 is 0. The first-order valence-electron chi connectivity index (χ1n) is 2.42. The van der Waals surface area contributed by atoms with Crippen LogP contribution in [0.15, 0.2) is 0 Å². The Morgan fingerprint density at radius 1 is 1.44 bits per heavy atom. The Morgan fingerprint density at radius 2 is 1.89 bits per heavy atom. The lowest BCUT2D eigenvalue weighted by Crippen LogP contribution is -2.31. The Hall–Kier alpha value is -0.240. The minimum absolute atomic E-state index is 0.0324. The molecule has 0 unspecified atom stereocenters. The van der Waals surface area contributed by atoms with E-state index >= 15 is 0 Å². The highest BCUT2D eigenvalue weighted by Gasteiger charge is 1.97. The average molecular weight is 134 g/mol. The van der Waals surface area contributed by atoms with Crippen LogP contribution in [0.1, 0.15) is 13.8 Å². The van der Waals surface area contributed by atoms with Crippen LogP contribution >= 0.6 is 0 Å². The Labute approximate surface area is 53.4 Å². The van der Waals surface area contributed by atoms with Gasteiger partial charge in [0.05, 0.1) is 6.10 Å². The first-order valence-corrected chi connectivity index (χ1v) is 2.42. The highest BCUT2D eigenvalue weighted by atomic mass is 16.9. The van der Waals surface area contributed by atoms with Gasteiger partial charge in [-0.2, -0.15) is 0 Å². The molecular formula is C3H10N4O2-2. The van der Waals surface area contributed by atoms with E-state index in [9.17, 15) is 0 Å². The van der Waals surface area contributed by atoms with Gasteiger partial charge in [0.1, 0.15) is 0 Å². The van der Waals surface area contributed by atoms with Crippen molar-refractivity contribution in [3.63, 3.8) is 0 Å². The molecule has 9 heavy (non-hydrogen) atoms. The van der Waals surface area contributed by atoms with Gasteiger partial charge in [0.25, 0.3) is 0 Å². The summed E-state index contributed by atoms with van der Waals surface area (Å²) in [7, 11) is 0.